The molecule has 112 valence electrons. The second-order valence-corrected chi connectivity index (χ2v) is 4.71. The Morgan fingerprint density at radius 3 is 1.43 bits per heavy atom. The average molecular weight is 284 g/mol. The first kappa shape index (κ1) is 17.1. The first-order valence-corrected chi connectivity index (χ1v) is 7.43. The molecule has 0 saturated heterocycles. The summed E-state index contributed by atoms with van der Waals surface area (Å²) in [6.07, 6.45) is 1.38. The lowest BCUT2D eigenvalue weighted by molar-refractivity contribution is -0.118. The number of carbonyl (C=O) groups excluding carboxylic acids is 1. The molecule has 0 aliphatic carbocycles. The topological polar surface area (TPSA) is 26.3 Å². The molecule has 2 rings (SSSR count). The minimum Gasteiger partial charge on any atom is -0.372 e. The van der Waals surface area contributed by atoms with E-state index in [-0.39, 0.29) is 0 Å². The molecule has 0 saturated carbocycles. The van der Waals surface area contributed by atoms with E-state index in [9.17, 15) is 4.79 Å². The predicted octanol–water partition coefficient (Wildman–Crippen LogP) is 4.78. The van der Waals surface area contributed by atoms with Gasteiger partial charge in [-0.25, -0.2) is 0 Å². The van der Waals surface area contributed by atoms with Crippen molar-refractivity contribution in [3.8, 4) is 0 Å². The Kier molecular flexibility index (Phi) is 8.81. The van der Waals surface area contributed by atoms with Crippen molar-refractivity contribution in [1.82, 2.24) is 0 Å². The van der Waals surface area contributed by atoms with Gasteiger partial charge < -0.3 is 4.74 Å². The quantitative estimate of drug-likeness (QED) is 0.763. The van der Waals surface area contributed by atoms with E-state index in [1.54, 1.807) is 0 Å². The van der Waals surface area contributed by atoms with Crippen molar-refractivity contribution in [3.63, 3.8) is 0 Å². The van der Waals surface area contributed by atoms with Crippen molar-refractivity contribution >= 4 is 5.78 Å². The van der Waals surface area contributed by atoms with E-state index < -0.39 is 0 Å². The Morgan fingerprint density at radius 2 is 1.14 bits per heavy atom. The molecule has 2 heteroatoms. The smallest absolute Gasteiger partial charge is 0.132 e. The highest BCUT2D eigenvalue weighted by atomic mass is 16.5. The van der Waals surface area contributed by atoms with Crippen LogP contribution in [0.5, 0.6) is 0 Å². The Labute approximate surface area is 127 Å². The maximum atomic E-state index is 10.2. The molecule has 0 heterocycles. The van der Waals surface area contributed by atoms with Crippen LogP contribution in [0.25, 0.3) is 0 Å². The zero-order valence-corrected chi connectivity index (χ0v) is 12.9. The first-order valence-electron chi connectivity index (χ1n) is 7.43. The van der Waals surface area contributed by atoms with Gasteiger partial charge in [-0.05, 0) is 11.1 Å². The minimum absolute atomic E-state index is 0.343. The van der Waals surface area contributed by atoms with Crippen LogP contribution >= 0.6 is 0 Å². The molecule has 2 aromatic carbocycles. The van der Waals surface area contributed by atoms with E-state index in [4.69, 9.17) is 4.74 Å². The van der Waals surface area contributed by atoms with E-state index in [0.29, 0.717) is 31.8 Å². The molecule has 21 heavy (non-hydrogen) atoms. The largest absolute Gasteiger partial charge is 0.372 e. The van der Waals surface area contributed by atoms with Gasteiger partial charge in [-0.15, -0.1) is 0 Å². The standard InChI is InChI=1S/C14H14O.C5H10O/c1-3-7-13(8-4-1)11-15-12-14-9-5-2-6-10-14;1-3-5(6)4-2/h1-10H,11-12H2;3-4H2,1-2H3. The fourth-order valence-corrected chi connectivity index (χ4v) is 1.69. The molecule has 2 nitrogen and oxygen atoms in total. The maximum absolute atomic E-state index is 10.2. The molecule has 0 aromatic heterocycles. The normalized spacial score (nSPS) is 9.62. The summed E-state index contributed by atoms with van der Waals surface area (Å²) in [6, 6.07) is 20.4. The number of ketones is 1. The van der Waals surface area contributed by atoms with Crippen LogP contribution in [0.4, 0.5) is 0 Å². The molecule has 0 amide bonds. The maximum Gasteiger partial charge on any atom is 0.132 e. The third-order valence-electron chi connectivity index (χ3n) is 3.01. The Hall–Kier alpha value is -1.93. The average Bonchev–Trinajstić information content (AvgIpc) is 2.56. The van der Waals surface area contributed by atoms with Crippen LogP contribution in [0.3, 0.4) is 0 Å². The number of benzene rings is 2. The molecular weight excluding hydrogens is 260 g/mol. The summed E-state index contributed by atoms with van der Waals surface area (Å²) in [5.74, 6) is 0.343. The van der Waals surface area contributed by atoms with Crippen LogP contribution in [0.15, 0.2) is 60.7 Å². The van der Waals surface area contributed by atoms with Crippen LogP contribution < -0.4 is 0 Å². The van der Waals surface area contributed by atoms with Crippen molar-refractivity contribution in [2.24, 2.45) is 0 Å². The van der Waals surface area contributed by atoms with Crippen LogP contribution in [0.2, 0.25) is 0 Å². The van der Waals surface area contributed by atoms with Crippen molar-refractivity contribution in [2.75, 3.05) is 0 Å². The lowest BCUT2D eigenvalue weighted by Gasteiger charge is -2.03. The van der Waals surface area contributed by atoms with E-state index in [1.165, 1.54) is 11.1 Å². The van der Waals surface area contributed by atoms with Crippen LogP contribution in [0.1, 0.15) is 37.8 Å². The van der Waals surface area contributed by atoms with Gasteiger partial charge in [0.1, 0.15) is 5.78 Å². The highest BCUT2D eigenvalue weighted by molar-refractivity contribution is 5.77. The fourth-order valence-electron chi connectivity index (χ4n) is 1.69. The fraction of sp³-hybridized carbons (Fsp3) is 0.316. The van der Waals surface area contributed by atoms with Gasteiger partial charge in [0.05, 0.1) is 13.2 Å². The molecule has 0 radical (unpaired) electrons. The van der Waals surface area contributed by atoms with Gasteiger partial charge in [0.2, 0.25) is 0 Å². The number of Topliss-reactive ketones (excluding diaryl/α,β-unsaturated/α-hetero) is 1. The zero-order chi connectivity index (χ0) is 15.3. The third kappa shape index (κ3) is 8.05. The third-order valence-corrected chi connectivity index (χ3v) is 3.01. The number of hydrogen-bond donors (Lipinski definition) is 0. The zero-order valence-electron chi connectivity index (χ0n) is 12.9. The molecular formula is C19H24O2. The van der Waals surface area contributed by atoms with Gasteiger partial charge in [-0.3, -0.25) is 4.79 Å². The van der Waals surface area contributed by atoms with Crippen molar-refractivity contribution in [1.29, 1.82) is 0 Å². The van der Waals surface area contributed by atoms with Crippen molar-refractivity contribution in [2.45, 2.75) is 39.9 Å². The molecule has 0 N–H and O–H groups in total. The van der Waals surface area contributed by atoms with Gasteiger partial charge in [0.25, 0.3) is 0 Å². The van der Waals surface area contributed by atoms with Crippen LogP contribution in [-0.4, -0.2) is 5.78 Å². The lowest BCUT2D eigenvalue weighted by atomic mass is 10.2. The molecule has 0 atom stereocenters. The molecule has 0 fully saturated rings. The highest BCUT2D eigenvalue weighted by Crippen LogP contribution is 2.05. The van der Waals surface area contributed by atoms with Gasteiger partial charge in [0, 0.05) is 12.8 Å². The molecule has 0 spiro atoms. The highest BCUT2D eigenvalue weighted by Gasteiger charge is 1.93. The lowest BCUT2D eigenvalue weighted by Crippen LogP contribution is -1.93. The summed E-state index contributed by atoms with van der Waals surface area (Å²) in [5, 5.41) is 0. The Morgan fingerprint density at radius 1 is 0.762 bits per heavy atom. The number of carbonyl (C=O) groups is 1. The molecule has 2 aromatic rings. The summed E-state index contributed by atoms with van der Waals surface area (Å²) in [6.45, 7) is 5.11. The number of rotatable bonds is 6. The van der Waals surface area contributed by atoms with Crippen LogP contribution in [-0.2, 0) is 22.7 Å². The minimum atomic E-state index is 0.343. The summed E-state index contributed by atoms with van der Waals surface area (Å²) < 4.78 is 5.61. The molecule has 0 aliphatic heterocycles. The first-order chi connectivity index (χ1) is 10.3. The van der Waals surface area contributed by atoms with E-state index in [0.717, 1.165) is 0 Å². The summed E-state index contributed by atoms with van der Waals surface area (Å²) in [7, 11) is 0. The van der Waals surface area contributed by atoms with Gasteiger partial charge >= 0.3 is 0 Å². The van der Waals surface area contributed by atoms with Crippen molar-refractivity contribution in [3.05, 3.63) is 71.8 Å². The summed E-state index contributed by atoms with van der Waals surface area (Å²) >= 11 is 0. The van der Waals surface area contributed by atoms with Gasteiger partial charge in [-0.2, -0.15) is 0 Å². The van der Waals surface area contributed by atoms with Gasteiger partial charge in [0.15, 0.2) is 0 Å². The monoisotopic (exact) mass is 284 g/mol. The number of hydrogen-bond acceptors (Lipinski definition) is 2. The second-order valence-electron chi connectivity index (χ2n) is 4.71. The van der Waals surface area contributed by atoms with Crippen molar-refractivity contribution < 1.29 is 9.53 Å². The van der Waals surface area contributed by atoms with E-state index >= 15 is 0 Å². The van der Waals surface area contributed by atoms with E-state index in [2.05, 4.69) is 24.3 Å². The van der Waals surface area contributed by atoms with E-state index in [1.807, 2.05) is 50.2 Å². The van der Waals surface area contributed by atoms with Crippen LogP contribution in [0, 0.1) is 0 Å². The summed E-state index contributed by atoms with van der Waals surface area (Å²) in [5.41, 5.74) is 2.43. The predicted molar refractivity (Wildman–Crippen MR) is 87.0 cm³/mol. The molecule has 0 bridgehead atoms. The second kappa shape index (κ2) is 10.8. The Balaban J connectivity index is 0.000000315. The number of ether oxygens (including phenoxy) is 1. The Bertz CT molecular complexity index is 446. The molecule has 0 aliphatic rings. The van der Waals surface area contributed by atoms with Gasteiger partial charge in [-0.1, -0.05) is 74.5 Å². The SMILES string of the molecule is CCC(=O)CC.c1ccc(COCc2ccccc2)cc1. The summed E-state index contributed by atoms with van der Waals surface area (Å²) in [4.78, 5) is 10.2. The molecule has 0 unspecified atom stereocenters.